The van der Waals surface area contributed by atoms with Crippen molar-refractivity contribution in [3.05, 3.63) is 59.4 Å². The summed E-state index contributed by atoms with van der Waals surface area (Å²) in [5, 5.41) is 13.5. The quantitative estimate of drug-likeness (QED) is 0.566. The molecule has 4 rings (SSSR count). The van der Waals surface area contributed by atoms with Gasteiger partial charge in [-0.05, 0) is 54.7 Å². The van der Waals surface area contributed by atoms with Gasteiger partial charge >= 0.3 is 0 Å². The summed E-state index contributed by atoms with van der Waals surface area (Å²) in [6, 6.07) is 12.2. The van der Waals surface area contributed by atoms with Gasteiger partial charge in [0.25, 0.3) is 0 Å². The predicted molar refractivity (Wildman–Crippen MR) is 126 cm³/mol. The second-order valence-electron chi connectivity index (χ2n) is 8.82. The molecule has 33 heavy (non-hydrogen) atoms. The number of carbonyl (C=O) groups excluding carboxylic acids is 2. The van der Waals surface area contributed by atoms with E-state index in [4.69, 9.17) is 0 Å². The van der Waals surface area contributed by atoms with Crippen LogP contribution < -0.4 is 10.2 Å². The maximum absolute atomic E-state index is 13.9. The normalized spacial score (nSPS) is 17.4. The molecular formula is C25H31FN4O3. The number of hydrogen-bond acceptors (Lipinski definition) is 5. The van der Waals surface area contributed by atoms with Crippen LogP contribution in [0.3, 0.4) is 0 Å². The number of carbonyl (C=O) groups is 2. The molecule has 2 amide bonds. The van der Waals surface area contributed by atoms with Crippen LogP contribution >= 0.6 is 0 Å². The van der Waals surface area contributed by atoms with Gasteiger partial charge < -0.3 is 15.3 Å². The Bertz CT molecular complexity index is 978. The first-order valence-electron chi connectivity index (χ1n) is 11.5. The van der Waals surface area contributed by atoms with Crippen molar-refractivity contribution in [2.75, 3.05) is 56.0 Å². The van der Waals surface area contributed by atoms with Gasteiger partial charge in [0.05, 0.1) is 24.9 Å². The number of halogens is 1. The standard InChI is InChI=1S/C25H31FN4O3/c26-23-6-1-2-7-24(23)30(18-31)16-22(32)15-28-10-12-29(13-11-28)17-25(33)27-21-9-8-19-4-3-5-20(19)14-21/h1-2,6-9,14,18,22,32H,3-5,10-13,15-17H2,(H,27,33). The zero-order valence-electron chi connectivity index (χ0n) is 18.8. The molecule has 0 spiro atoms. The Morgan fingerprint density at radius 3 is 2.58 bits per heavy atom. The minimum absolute atomic E-state index is 0.0204. The number of β-amino-alcohol motifs (C(OH)–C–C–N with tert-alkyl or cyclic N) is 1. The van der Waals surface area contributed by atoms with Crippen LogP contribution in [0.25, 0.3) is 0 Å². The minimum Gasteiger partial charge on any atom is -0.390 e. The van der Waals surface area contributed by atoms with Gasteiger partial charge in [-0.1, -0.05) is 18.2 Å². The summed E-state index contributed by atoms with van der Waals surface area (Å²) in [6.45, 7) is 3.60. The second-order valence-corrected chi connectivity index (χ2v) is 8.82. The van der Waals surface area contributed by atoms with Crippen molar-refractivity contribution in [1.82, 2.24) is 9.80 Å². The number of benzene rings is 2. The van der Waals surface area contributed by atoms with Crippen LogP contribution in [0.5, 0.6) is 0 Å². The van der Waals surface area contributed by atoms with E-state index in [1.165, 1.54) is 34.6 Å². The minimum atomic E-state index is -0.801. The van der Waals surface area contributed by atoms with Crippen LogP contribution in [0.4, 0.5) is 15.8 Å². The zero-order chi connectivity index (χ0) is 23.2. The van der Waals surface area contributed by atoms with E-state index in [-0.39, 0.29) is 18.1 Å². The van der Waals surface area contributed by atoms with Gasteiger partial charge in [0.2, 0.25) is 12.3 Å². The van der Waals surface area contributed by atoms with E-state index in [1.807, 2.05) is 6.07 Å². The summed E-state index contributed by atoms with van der Waals surface area (Å²) in [5.74, 6) is -0.517. The van der Waals surface area contributed by atoms with Gasteiger partial charge in [0, 0.05) is 38.4 Å². The van der Waals surface area contributed by atoms with Crippen molar-refractivity contribution in [3.8, 4) is 0 Å². The third-order valence-corrected chi connectivity index (χ3v) is 6.38. The first kappa shape index (κ1) is 23.4. The number of nitrogens with one attached hydrogen (secondary N) is 1. The number of anilines is 2. The lowest BCUT2D eigenvalue weighted by molar-refractivity contribution is -0.117. The molecule has 7 nitrogen and oxygen atoms in total. The molecule has 1 aliphatic heterocycles. The van der Waals surface area contributed by atoms with E-state index < -0.39 is 11.9 Å². The SMILES string of the molecule is O=CN(CC(O)CN1CCN(CC(=O)Nc2ccc3c(c2)CCC3)CC1)c1ccccc1F. The highest BCUT2D eigenvalue weighted by atomic mass is 19.1. The topological polar surface area (TPSA) is 76.1 Å². The van der Waals surface area contributed by atoms with Gasteiger partial charge in [-0.25, -0.2) is 4.39 Å². The molecule has 1 atom stereocenters. The Kier molecular flexibility index (Phi) is 7.69. The monoisotopic (exact) mass is 454 g/mol. The molecule has 2 aromatic rings. The Balaban J connectivity index is 1.19. The number of amides is 2. The molecule has 0 aromatic heterocycles. The van der Waals surface area contributed by atoms with E-state index in [0.29, 0.717) is 32.6 Å². The molecule has 1 heterocycles. The molecule has 0 bridgehead atoms. The summed E-state index contributed by atoms with van der Waals surface area (Å²) in [5.41, 5.74) is 3.74. The van der Waals surface area contributed by atoms with Gasteiger partial charge in [-0.15, -0.1) is 0 Å². The first-order valence-corrected chi connectivity index (χ1v) is 11.5. The molecule has 176 valence electrons. The third-order valence-electron chi connectivity index (χ3n) is 6.38. The lowest BCUT2D eigenvalue weighted by atomic mass is 10.1. The van der Waals surface area contributed by atoms with Crippen LogP contribution in [-0.2, 0) is 22.4 Å². The molecule has 2 aliphatic rings. The molecule has 2 N–H and O–H groups in total. The smallest absolute Gasteiger partial charge is 0.238 e. The third kappa shape index (κ3) is 6.16. The highest BCUT2D eigenvalue weighted by Crippen LogP contribution is 2.25. The van der Waals surface area contributed by atoms with Gasteiger partial charge in [-0.2, -0.15) is 0 Å². The fraction of sp³-hybridized carbons (Fsp3) is 0.440. The zero-order valence-corrected chi connectivity index (χ0v) is 18.8. The maximum atomic E-state index is 13.9. The summed E-state index contributed by atoms with van der Waals surface area (Å²) in [4.78, 5) is 29.3. The van der Waals surface area contributed by atoms with Crippen LogP contribution in [-0.4, -0.2) is 79.1 Å². The number of aliphatic hydroxyl groups excluding tert-OH is 1. The van der Waals surface area contributed by atoms with Gasteiger partial charge in [0.1, 0.15) is 5.82 Å². The summed E-state index contributed by atoms with van der Waals surface area (Å²) >= 11 is 0. The molecule has 2 aromatic carbocycles. The average molecular weight is 455 g/mol. The van der Waals surface area contributed by atoms with Gasteiger partial charge in [-0.3, -0.25) is 19.4 Å². The first-order chi connectivity index (χ1) is 16.0. The van der Waals surface area contributed by atoms with Crippen molar-refractivity contribution in [2.24, 2.45) is 0 Å². The Morgan fingerprint density at radius 1 is 1.09 bits per heavy atom. The molecule has 1 aliphatic carbocycles. The summed E-state index contributed by atoms with van der Waals surface area (Å²) in [6.07, 6.45) is 3.13. The maximum Gasteiger partial charge on any atom is 0.238 e. The van der Waals surface area contributed by atoms with Crippen LogP contribution in [0.2, 0.25) is 0 Å². The summed E-state index contributed by atoms with van der Waals surface area (Å²) < 4.78 is 13.9. The molecule has 1 fully saturated rings. The number of fused-ring (bicyclic) bond motifs is 1. The molecule has 1 unspecified atom stereocenters. The Labute approximate surface area is 193 Å². The number of rotatable bonds is 9. The predicted octanol–water partition coefficient (Wildman–Crippen LogP) is 1.89. The van der Waals surface area contributed by atoms with Crippen molar-refractivity contribution < 1.29 is 19.1 Å². The Hall–Kier alpha value is -2.81. The molecule has 8 heteroatoms. The highest BCUT2D eigenvalue weighted by molar-refractivity contribution is 5.92. The average Bonchev–Trinajstić information content (AvgIpc) is 3.27. The number of aryl methyl sites for hydroxylation is 2. The number of aliphatic hydroxyl groups is 1. The highest BCUT2D eigenvalue weighted by Gasteiger charge is 2.23. The summed E-state index contributed by atoms with van der Waals surface area (Å²) in [7, 11) is 0. The Morgan fingerprint density at radius 2 is 1.82 bits per heavy atom. The second kappa shape index (κ2) is 10.9. The van der Waals surface area contributed by atoms with E-state index in [9.17, 15) is 19.1 Å². The van der Waals surface area contributed by atoms with Crippen molar-refractivity contribution >= 4 is 23.7 Å². The van der Waals surface area contributed by atoms with Crippen LogP contribution in [0.1, 0.15) is 17.5 Å². The lowest BCUT2D eigenvalue weighted by Gasteiger charge is -2.35. The molecular weight excluding hydrogens is 423 g/mol. The number of hydrogen-bond donors (Lipinski definition) is 2. The van der Waals surface area contributed by atoms with E-state index in [1.54, 1.807) is 12.1 Å². The molecule has 1 saturated heterocycles. The lowest BCUT2D eigenvalue weighted by Crippen LogP contribution is -2.51. The van der Waals surface area contributed by atoms with Crippen LogP contribution in [0, 0.1) is 5.82 Å². The van der Waals surface area contributed by atoms with Gasteiger partial charge in [0.15, 0.2) is 0 Å². The number of piperazine rings is 1. The number of para-hydroxylation sites is 1. The fourth-order valence-electron chi connectivity index (χ4n) is 4.65. The van der Waals surface area contributed by atoms with Crippen molar-refractivity contribution in [1.29, 1.82) is 0 Å². The fourth-order valence-corrected chi connectivity index (χ4v) is 4.65. The van der Waals surface area contributed by atoms with E-state index in [0.717, 1.165) is 31.6 Å². The molecule has 0 saturated carbocycles. The largest absolute Gasteiger partial charge is 0.390 e. The van der Waals surface area contributed by atoms with Crippen LogP contribution in [0.15, 0.2) is 42.5 Å². The molecule has 0 radical (unpaired) electrons. The van der Waals surface area contributed by atoms with E-state index in [2.05, 4.69) is 27.2 Å². The van der Waals surface area contributed by atoms with E-state index >= 15 is 0 Å². The van der Waals surface area contributed by atoms with Crippen molar-refractivity contribution in [3.63, 3.8) is 0 Å². The number of nitrogens with zero attached hydrogens (tertiary/aromatic N) is 3. The van der Waals surface area contributed by atoms with Crippen molar-refractivity contribution in [2.45, 2.75) is 25.4 Å².